The maximum absolute atomic E-state index is 4.65. The highest BCUT2D eigenvalue weighted by Gasteiger charge is 2.08. The highest BCUT2D eigenvalue weighted by molar-refractivity contribution is 14.0. The molecule has 6 heteroatoms. The van der Waals surface area contributed by atoms with E-state index < -0.39 is 0 Å². The maximum Gasteiger partial charge on any atom is 0.191 e. The molecule has 1 aromatic carbocycles. The van der Waals surface area contributed by atoms with Crippen molar-refractivity contribution in [1.29, 1.82) is 0 Å². The zero-order valence-corrected chi connectivity index (χ0v) is 17.6. The summed E-state index contributed by atoms with van der Waals surface area (Å²) in [5.74, 6) is 0.858. The van der Waals surface area contributed by atoms with Crippen molar-refractivity contribution in [3.05, 3.63) is 64.4 Å². The van der Waals surface area contributed by atoms with Gasteiger partial charge in [-0.25, -0.2) is 4.99 Å². The van der Waals surface area contributed by atoms with Gasteiger partial charge in [0, 0.05) is 31.9 Å². The van der Waals surface area contributed by atoms with Crippen LogP contribution in [0.1, 0.15) is 18.1 Å². The minimum absolute atomic E-state index is 0. The number of nitrogens with zero attached hydrogens (tertiary/aromatic N) is 2. The van der Waals surface area contributed by atoms with Crippen molar-refractivity contribution in [2.24, 2.45) is 4.99 Å². The lowest BCUT2D eigenvalue weighted by atomic mass is 10.2. The van der Waals surface area contributed by atoms with E-state index in [0.717, 1.165) is 32.1 Å². The van der Waals surface area contributed by atoms with Crippen molar-refractivity contribution in [2.75, 3.05) is 24.5 Å². The predicted octanol–water partition coefficient (Wildman–Crippen LogP) is 4.00. The largest absolute Gasteiger partial charge is 0.364 e. The van der Waals surface area contributed by atoms with Gasteiger partial charge in [-0.2, -0.15) is 11.3 Å². The second kappa shape index (κ2) is 10.5. The van der Waals surface area contributed by atoms with E-state index in [0.29, 0.717) is 6.54 Å². The molecule has 0 fully saturated rings. The molecule has 3 rings (SSSR count). The zero-order valence-electron chi connectivity index (χ0n) is 14.4. The smallest absolute Gasteiger partial charge is 0.191 e. The van der Waals surface area contributed by atoms with Gasteiger partial charge in [0.25, 0.3) is 0 Å². The van der Waals surface area contributed by atoms with Gasteiger partial charge < -0.3 is 15.5 Å². The summed E-state index contributed by atoms with van der Waals surface area (Å²) in [5.41, 5.74) is 3.79. The molecule has 0 spiro atoms. The monoisotopic (exact) mass is 468 g/mol. The van der Waals surface area contributed by atoms with Crippen LogP contribution < -0.4 is 15.5 Å². The number of halogens is 1. The normalized spacial score (nSPS) is 13.6. The number of benzene rings is 1. The van der Waals surface area contributed by atoms with Crippen molar-refractivity contribution in [3.63, 3.8) is 0 Å². The van der Waals surface area contributed by atoms with Gasteiger partial charge in [0.2, 0.25) is 0 Å². The summed E-state index contributed by atoms with van der Waals surface area (Å²) in [7, 11) is 0. The summed E-state index contributed by atoms with van der Waals surface area (Å²) in [4.78, 5) is 7.01. The SMILES string of the molecule is CCNC(=NCc1ccsc1)NCc1cccc(N2CC=CC2)c1.I. The van der Waals surface area contributed by atoms with Gasteiger partial charge in [-0.1, -0.05) is 24.3 Å². The third kappa shape index (κ3) is 6.04. The molecular formula is C19H25IN4S. The van der Waals surface area contributed by atoms with E-state index in [1.54, 1.807) is 11.3 Å². The number of rotatable bonds is 6. The minimum Gasteiger partial charge on any atom is -0.364 e. The molecule has 2 heterocycles. The van der Waals surface area contributed by atoms with Crippen molar-refractivity contribution in [3.8, 4) is 0 Å². The molecule has 1 aliphatic rings. The first kappa shape index (κ1) is 19.8. The Kier molecular flexibility index (Phi) is 8.27. The van der Waals surface area contributed by atoms with Crippen molar-refractivity contribution in [1.82, 2.24) is 10.6 Å². The van der Waals surface area contributed by atoms with Gasteiger partial charge in [0.15, 0.2) is 5.96 Å². The minimum atomic E-state index is 0. The lowest BCUT2D eigenvalue weighted by molar-refractivity contribution is 0.816. The van der Waals surface area contributed by atoms with E-state index in [2.05, 4.69) is 80.7 Å². The average molecular weight is 468 g/mol. The maximum atomic E-state index is 4.65. The van der Waals surface area contributed by atoms with Crippen LogP contribution in [0, 0.1) is 0 Å². The summed E-state index contributed by atoms with van der Waals surface area (Å²) < 4.78 is 0. The molecule has 25 heavy (non-hydrogen) atoms. The fourth-order valence-electron chi connectivity index (χ4n) is 2.63. The van der Waals surface area contributed by atoms with Crippen LogP contribution in [0.25, 0.3) is 0 Å². The summed E-state index contributed by atoms with van der Waals surface area (Å²) in [6.45, 7) is 6.42. The van der Waals surface area contributed by atoms with Gasteiger partial charge in [-0.05, 0) is 47.0 Å². The molecule has 0 saturated carbocycles. The number of hydrogen-bond donors (Lipinski definition) is 2. The lowest BCUT2D eigenvalue weighted by Crippen LogP contribution is -2.36. The van der Waals surface area contributed by atoms with Gasteiger partial charge in [0.05, 0.1) is 6.54 Å². The van der Waals surface area contributed by atoms with Gasteiger partial charge in [-0.15, -0.1) is 24.0 Å². The fourth-order valence-corrected chi connectivity index (χ4v) is 3.29. The third-order valence-corrected chi connectivity index (χ3v) is 4.63. The van der Waals surface area contributed by atoms with Gasteiger partial charge in [-0.3, -0.25) is 0 Å². The predicted molar refractivity (Wildman–Crippen MR) is 119 cm³/mol. The Morgan fingerprint density at radius 2 is 2.00 bits per heavy atom. The molecule has 0 bridgehead atoms. The Morgan fingerprint density at radius 1 is 1.16 bits per heavy atom. The Bertz CT molecular complexity index is 689. The average Bonchev–Trinajstić information content (AvgIpc) is 3.31. The molecule has 1 aliphatic heterocycles. The van der Waals surface area contributed by atoms with Crippen molar-refractivity contribution >= 4 is 47.0 Å². The van der Waals surface area contributed by atoms with Crippen LogP contribution in [0.2, 0.25) is 0 Å². The second-order valence-electron chi connectivity index (χ2n) is 5.73. The number of guanidine groups is 1. The molecule has 1 aromatic heterocycles. The highest BCUT2D eigenvalue weighted by atomic mass is 127. The van der Waals surface area contributed by atoms with E-state index in [-0.39, 0.29) is 24.0 Å². The van der Waals surface area contributed by atoms with E-state index >= 15 is 0 Å². The molecule has 2 N–H and O–H groups in total. The molecular weight excluding hydrogens is 443 g/mol. The molecule has 2 aromatic rings. The molecule has 0 radical (unpaired) electrons. The summed E-state index contributed by atoms with van der Waals surface area (Å²) >= 11 is 1.71. The first-order chi connectivity index (χ1) is 11.8. The van der Waals surface area contributed by atoms with Crippen LogP contribution in [0.4, 0.5) is 5.69 Å². The topological polar surface area (TPSA) is 39.7 Å². The zero-order chi connectivity index (χ0) is 16.6. The Morgan fingerprint density at radius 3 is 2.72 bits per heavy atom. The standard InChI is InChI=1S/C19H24N4S.HI/c1-2-20-19(22-14-17-8-11-24-15-17)21-13-16-6-5-7-18(12-16)23-9-3-4-10-23;/h3-8,11-12,15H,2,9-10,13-14H2,1H3,(H2,20,21,22);1H. The van der Waals surface area contributed by atoms with Crippen molar-refractivity contribution < 1.29 is 0 Å². The number of thiophene rings is 1. The van der Waals surface area contributed by atoms with Crippen LogP contribution in [-0.2, 0) is 13.1 Å². The van der Waals surface area contributed by atoms with E-state index in [9.17, 15) is 0 Å². The highest BCUT2D eigenvalue weighted by Crippen LogP contribution is 2.18. The first-order valence-electron chi connectivity index (χ1n) is 8.37. The van der Waals surface area contributed by atoms with E-state index in [1.807, 2.05) is 0 Å². The molecule has 0 unspecified atom stereocenters. The second-order valence-corrected chi connectivity index (χ2v) is 6.51. The fraction of sp³-hybridized carbons (Fsp3) is 0.316. The molecule has 0 saturated heterocycles. The number of aliphatic imine (C=N–C) groups is 1. The summed E-state index contributed by atoms with van der Waals surface area (Å²) in [6, 6.07) is 10.8. The number of hydrogen-bond acceptors (Lipinski definition) is 3. The number of anilines is 1. The Balaban J connectivity index is 0.00000225. The molecule has 134 valence electrons. The molecule has 0 amide bonds. The van der Waals surface area contributed by atoms with Crippen LogP contribution >= 0.6 is 35.3 Å². The molecule has 0 aliphatic carbocycles. The first-order valence-corrected chi connectivity index (χ1v) is 9.31. The quantitative estimate of drug-likeness (QED) is 0.292. The Labute approximate surface area is 171 Å². The van der Waals surface area contributed by atoms with E-state index in [4.69, 9.17) is 0 Å². The molecule has 0 atom stereocenters. The lowest BCUT2D eigenvalue weighted by Gasteiger charge is -2.19. The van der Waals surface area contributed by atoms with Gasteiger partial charge in [0.1, 0.15) is 0 Å². The van der Waals surface area contributed by atoms with Gasteiger partial charge >= 0.3 is 0 Å². The van der Waals surface area contributed by atoms with Crippen LogP contribution in [-0.4, -0.2) is 25.6 Å². The summed E-state index contributed by atoms with van der Waals surface area (Å²) in [6.07, 6.45) is 4.43. The number of nitrogens with one attached hydrogen (secondary N) is 2. The van der Waals surface area contributed by atoms with Crippen LogP contribution in [0.15, 0.2) is 58.2 Å². The third-order valence-electron chi connectivity index (χ3n) is 3.90. The van der Waals surface area contributed by atoms with Crippen LogP contribution in [0.3, 0.4) is 0 Å². The van der Waals surface area contributed by atoms with E-state index in [1.165, 1.54) is 16.8 Å². The van der Waals surface area contributed by atoms with Crippen LogP contribution in [0.5, 0.6) is 0 Å². The van der Waals surface area contributed by atoms with Crippen molar-refractivity contribution in [2.45, 2.75) is 20.0 Å². The molecule has 4 nitrogen and oxygen atoms in total. The Hall–Kier alpha value is -1.54. The summed E-state index contributed by atoms with van der Waals surface area (Å²) in [5, 5.41) is 11.0.